The van der Waals surface area contributed by atoms with E-state index in [-0.39, 0.29) is 5.91 Å². The topological polar surface area (TPSA) is 69.6 Å². The zero-order valence-electron chi connectivity index (χ0n) is 8.59. The van der Waals surface area contributed by atoms with Crippen LogP contribution in [0, 0.1) is 0 Å². The molecule has 0 aromatic heterocycles. The first-order chi connectivity index (χ1) is 7.59. The first-order valence-electron chi connectivity index (χ1n) is 5.04. The van der Waals surface area contributed by atoms with Crippen molar-refractivity contribution in [3.8, 4) is 0 Å². The highest BCUT2D eigenvalue weighted by Crippen LogP contribution is 2.33. The minimum Gasteiger partial charge on any atom is -0.356 e. The van der Waals surface area contributed by atoms with E-state index >= 15 is 0 Å². The summed E-state index contributed by atoms with van der Waals surface area (Å²) >= 11 is 1.04. The summed E-state index contributed by atoms with van der Waals surface area (Å²) in [5.74, 6) is 0.354. The van der Waals surface area contributed by atoms with E-state index < -0.39 is 11.2 Å². The van der Waals surface area contributed by atoms with E-state index in [4.69, 9.17) is 0 Å². The monoisotopic (exact) mass is 239 g/mol. The van der Waals surface area contributed by atoms with E-state index in [1.165, 1.54) is 0 Å². The van der Waals surface area contributed by atoms with Crippen molar-refractivity contribution in [1.29, 1.82) is 0 Å². The van der Waals surface area contributed by atoms with Gasteiger partial charge in [-0.3, -0.25) is 4.79 Å². The van der Waals surface area contributed by atoms with Crippen molar-refractivity contribution in [2.45, 2.75) is 17.6 Å². The predicted molar refractivity (Wildman–Crippen MR) is 61.9 cm³/mol. The van der Waals surface area contributed by atoms with Crippen LogP contribution < -0.4 is 5.32 Å². The Morgan fingerprint density at radius 1 is 1.38 bits per heavy atom. The van der Waals surface area contributed by atoms with Gasteiger partial charge in [-0.2, -0.15) is 0 Å². The van der Waals surface area contributed by atoms with Crippen molar-refractivity contribution in [2.24, 2.45) is 0 Å². The lowest BCUT2D eigenvalue weighted by atomic mass is 10.1. The molecule has 1 aliphatic rings. The largest absolute Gasteiger partial charge is 0.356 e. The minimum atomic E-state index is -1.84. The number of benzene rings is 1. The molecule has 0 radical (unpaired) electrons. The molecule has 1 heterocycles. The molecule has 0 aliphatic carbocycles. The van der Waals surface area contributed by atoms with E-state index in [0.717, 1.165) is 11.8 Å². The van der Waals surface area contributed by atoms with Crippen molar-refractivity contribution in [3.63, 3.8) is 0 Å². The van der Waals surface area contributed by atoms with Gasteiger partial charge >= 0.3 is 0 Å². The summed E-state index contributed by atoms with van der Waals surface area (Å²) < 4.78 is 0. The Balaban J connectivity index is 2.03. The Hall–Kier alpha value is -1.04. The standard InChI is InChI=1S/C11H13NO3S/c13-10(8-4-2-1-3-5-8)12-9-6-7-16-11(9,14)15/h1-5,9,14-15H,6-7H2,(H,12,13)/t9-/m0/s1. The van der Waals surface area contributed by atoms with E-state index in [1.54, 1.807) is 24.3 Å². The van der Waals surface area contributed by atoms with E-state index in [0.29, 0.717) is 17.7 Å². The Morgan fingerprint density at radius 3 is 2.62 bits per heavy atom. The van der Waals surface area contributed by atoms with Crippen molar-refractivity contribution >= 4 is 17.7 Å². The molecule has 5 heteroatoms. The third-order valence-corrected chi connectivity index (χ3v) is 3.67. The first kappa shape index (κ1) is 11.4. The predicted octanol–water partition coefficient (Wildman–Crippen LogP) is 0.560. The summed E-state index contributed by atoms with van der Waals surface area (Å²) in [5, 5.41) is 19.9. The van der Waals surface area contributed by atoms with Crippen LogP contribution in [0.25, 0.3) is 0 Å². The molecule has 1 aromatic carbocycles. The molecule has 1 saturated heterocycles. The minimum absolute atomic E-state index is 0.277. The second-order valence-electron chi connectivity index (χ2n) is 3.69. The molecule has 1 aromatic rings. The number of nitrogens with one attached hydrogen (secondary N) is 1. The fourth-order valence-electron chi connectivity index (χ4n) is 1.61. The average molecular weight is 239 g/mol. The molecule has 3 N–H and O–H groups in total. The van der Waals surface area contributed by atoms with Gasteiger partial charge in [-0.05, 0) is 18.6 Å². The summed E-state index contributed by atoms with van der Waals surface area (Å²) in [6.07, 6.45) is 0.566. The van der Waals surface area contributed by atoms with Gasteiger partial charge in [-0.1, -0.05) is 30.0 Å². The maximum Gasteiger partial charge on any atom is 0.251 e. The van der Waals surface area contributed by atoms with Crippen LogP contribution in [0.5, 0.6) is 0 Å². The van der Waals surface area contributed by atoms with Crippen LogP contribution >= 0.6 is 11.8 Å². The highest BCUT2D eigenvalue weighted by atomic mass is 32.2. The third-order valence-electron chi connectivity index (χ3n) is 2.52. The molecule has 1 fully saturated rings. The van der Waals surface area contributed by atoms with E-state index in [1.807, 2.05) is 6.07 Å². The fourth-order valence-corrected chi connectivity index (χ4v) is 2.64. The second-order valence-corrected chi connectivity index (χ2v) is 4.99. The number of amides is 1. The van der Waals surface area contributed by atoms with E-state index in [2.05, 4.69) is 5.32 Å². The van der Waals surface area contributed by atoms with Gasteiger partial charge in [0.15, 0.2) is 0 Å². The zero-order valence-corrected chi connectivity index (χ0v) is 9.41. The van der Waals surface area contributed by atoms with Gasteiger partial charge in [0, 0.05) is 11.3 Å². The van der Waals surface area contributed by atoms with Crippen molar-refractivity contribution in [3.05, 3.63) is 35.9 Å². The van der Waals surface area contributed by atoms with Crippen LogP contribution in [0.1, 0.15) is 16.8 Å². The average Bonchev–Trinajstić information content (AvgIpc) is 2.59. The molecule has 2 rings (SSSR count). The molecule has 16 heavy (non-hydrogen) atoms. The number of hydrogen-bond acceptors (Lipinski definition) is 4. The lowest BCUT2D eigenvalue weighted by molar-refractivity contribution is -0.0943. The molecule has 0 saturated carbocycles. The lowest BCUT2D eigenvalue weighted by Crippen LogP contribution is -2.47. The Bertz CT molecular complexity index is 380. The van der Waals surface area contributed by atoms with Crippen LogP contribution in [0.4, 0.5) is 0 Å². The number of carbonyl (C=O) groups excluding carboxylic acids is 1. The smallest absolute Gasteiger partial charge is 0.251 e. The summed E-state index contributed by atoms with van der Waals surface area (Å²) in [6.45, 7) is 0. The van der Waals surface area contributed by atoms with Gasteiger partial charge in [0.05, 0.1) is 6.04 Å². The summed E-state index contributed by atoms with van der Waals surface area (Å²) in [5.41, 5.74) is 0.523. The molecule has 1 amide bonds. The lowest BCUT2D eigenvalue weighted by Gasteiger charge is -2.23. The molecular weight excluding hydrogens is 226 g/mol. The molecule has 1 atom stereocenters. The van der Waals surface area contributed by atoms with Crippen LogP contribution in [-0.2, 0) is 0 Å². The first-order valence-corrected chi connectivity index (χ1v) is 6.03. The van der Waals surface area contributed by atoms with Crippen molar-refractivity contribution < 1.29 is 15.0 Å². The van der Waals surface area contributed by atoms with E-state index in [9.17, 15) is 15.0 Å². The molecule has 0 unspecified atom stereocenters. The Kier molecular flexibility index (Phi) is 3.18. The van der Waals surface area contributed by atoms with Gasteiger partial charge in [0.2, 0.25) is 5.12 Å². The second kappa shape index (κ2) is 4.45. The highest BCUT2D eigenvalue weighted by Gasteiger charge is 2.41. The summed E-state index contributed by atoms with van der Waals surface area (Å²) in [6, 6.07) is 8.13. The summed E-state index contributed by atoms with van der Waals surface area (Å²) in [4.78, 5) is 11.7. The van der Waals surface area contributed by atoms with Crippen LogP contribution in [0.3, 0.4) is 0 Å². The molecular formula is C11H13NO3S. The van der Waals surface area contributed by atoms with Crippen LogP contribution in [-0.4, -0.2) is 33.0 Å². The molecule has 4 nitrogen and oxygen atoms in total. The number of rotatable bonds is 2. The van der Waals surface area contributed by atoms with Gasteiger partial charge in [0.25, 0.3) is 5.91 Å². The van der Waals surface area contributed by atoms with Crippen molar-refractivity contribution in [1.82, 2.24) is 5.32 Å². The van der Waals surface area contributed by atoms with Gasteiger partial charge in [-0.15, -0.1) is 0 Å². The Morgan fingerprint density at radius 2 is 2.06 bits per heavy atom. The highest BCUT2D eigenvalue weighted by molar-refractivity contribution is 8.00. The third kappa shape index (κ3) is 2.37. The fraction of sp³-hybridized carbons (Fsp3) is 0.364. The number of aliphatic hydroxyl groups is 2. The Labute approximate surface area is 97.7 Å². The van der Waals surface area contributed by atoms with Crippen LogP contribution in [0.2, 0.25) is 0 Å². The zero-order chi connectivity index (χ0) is 11.6. The molecule has 1 aliphatic heterocycles. The number of thioether (sulfide) groups is 1. The maximum atomic E-state index is 11.7. The molecule has 0 spiro atoms. The molecule has 86 valence electrons. The summed E-state index contributed by atoms with van der Waals surface area (Å²) in [7, 11) is 0. The van der Waals surface area contributed by atoms with Crippen molar-refractivity contribution in [2.75, 3.05) is 5.75 Å². The molecule has 0 bridgehead atoms. The van der Waals surface area contributed by atoms with Gasteiger partial charge in [-0.25, -0.2) is 0 Å². The SMILES string of the molecule is O=C(N[C@H]1CCSC1(O)O)c1ccccc1. The quantitative estimate of drug-likeness (QED) is 0.660. The maximum absolute atomic E-state index is 11.7. The van der Waals surface area contributed by atoms with Gasteiger partial charge < -0.3 is 15.5 Å². The number of hydrogen-bond donors (Lipinski definition) is 3. The van der Waals surface area contributed by atoms with Gasteiger partial charge in [0.1, 0.15) is 0 Å². The normalized spacial score (nSPS) is 23.0. The van der Waals surface area contributed by atoms with Crippen LogP contribution in [0.15, 0.2) is 30.3 Å². The number of carbonyl (C=O) groups is 1.